The second-order valence-electron chi connectivity index (χ2n) is 7.12. The molecule has 2 aromatic rings. The van der Waals surface area contributed by atoms with Crippen LogP contribution < -0.4 is 5.32 Å². The van der Waals surface area contributed by atoms with E-state index < -0.39 is 5.41 Å². The van der Waals surface area contributed by atoms with Crippen LogP contribution in [0.4, 0.5) is 0 Å². The summed E-state index contributed by atoms with van der Waals surface area (Å²) in [7, 11) is 0. The van der Waals surface area contributed by atoms with Gasteiger partial charge in [-0.3, -0.25) is 0 Å². The van der Waals surface area contributed by atoms with Crippen molar-refractivity contribution in [2.45, 2.75) is 43.9 Å². The van der Waals surface area contributed by atoms with Crippen molar-refractivity contribution in [3.05, 3.63) is 59.2 Å². The highest BCUT2D eigenvalue weighted by atomic mass is 16.3. The van der Waals surface area contributed by atoms with Crippen molar-refractivity contribution in [2.75, 3.05) is 13.1 Å². The summed E-state index contributed by atoms with van der Waals surface area (Å²) in [4.78, 5) is 0. The standard InChI is InChI=1S/C22H26N2O2/c23-16-22(12-2-4-19-20(22)5-1-6-21(19)26)13-3-14-24-15-11-17-7-9-18(25)10-8-17/h1,5-10,24-26H,2-4,11-15H2. The summed E-state index contributed by atoms with van der Waals surface area (Å²) in [6.45, 7) is 1.75. The smallest absolute Gasteiger partial charge is 0.119 e. The minimum atomic E-state index is -0.467. The number of aromatic hydroxyl groups is 2. The van der Waals surface area contributed by atoms with Crippen molar-refractivity contribution < 1.29 is 10.2 Å². The topological polar surface area (TPSA) is 76.3 Å². The van der Waals surface area contributed by atoms with Crippen LogP contribution in [0.2, 0.25) is 0 Å². The quantitative estimate of drug-likeness (QED) is 0.664. The molecule has 4 heteroatoms. The highest BCUT2D eigenvalue weighted by Crippen LogP contribution is 2.43. The van der Waals surface area contributed by atoms with Crippen LogP contribution >= 0.6 is 0 Å². The van der Waals surface area contributed by atoms with E-state index in [2.05, 4.69) is 11.4 Å². The van der Waals surface area contributed by atoms with Gasteiger partial charge >= 0.3 is 0 Å². The summed E-state index contributed by atoms with van der Waals surface area (Å²) >= 11 is 0. The molecule has 3 rings (SSSR count). The van der Waals surface area contributed by atoms with E-state index in [1.54, 1.807) is 18.2 Å². The van der Waals surface area contributed by atoms with E-state index in [-0.39, 0.29) is 0 Å². The van der Waals surface area contributed by atoms with Gasteiger partial charge in [0.05, 0.1) is 11.5 Å². The summed E-state index contributed by atoms with van der Waals surface area (Å²) in [5.74, 6) is 0.621. The van der Waals surface area contributed by atoms with Gasteiger partial charge in [-0.2, -0.15) is 5.26 Å². The molecule has 3 N–H and O–H groups in total. The molecular formula is C22H26N2O2. The van der Waals surface area contributed by atoms with Gasteiger partial charge in [-0.1, -0.05) is 24.3 Å². The first-order valence-corrected chi connectivity index (χ1v) is 9.36. The number of nitriles is 1. The fourth-order valence-electron chi connectivity index (χ4n) is 3.95. The largest absolute Gasteiger partial charge is 0.508 e. The molecule has 26 heavy (non-hydrogen) atoms. The van der Waals surface area contributed by atoms with E-state index in [1.807, 2.05) is 24.3 Å². The molecule has 1 aliphatic rings. The van der Waals surface area contributed by atoms with Crippen LogP contribution in [-0.2, 0) is 18.3 Å². The predicted molar refractivity (Wildman–Crippen MR) is 102 cm³/mol. The number of hydrogen-bond acceptors (Lipinski definition) is 4. The molecule has 2 aromatic carbocycles. The molecule has 1 unspecified atom stereocenters. The maximum absolute atomic E-state index is 10.1. The van der Waals surface area contributed by atoms with Crippen LogP contribution in [0.3, 0.4) is 0 Å². The zero-order valence-electron chi connectivity index (χ0n) is 15.0. The van der Waals surface area contributed by atoms with Gasteiger partial charge in [-0.15, -0.1) is 0 Å². The third-order valence-corrected chi connectivity index (χ3v) is 5.40. The molecule has 0 radical (unpaired) electrons. The van der Waals surface area contributed by atoms with Gasteiger partial charge in [-0.05, 0) is 86.5 Å². The van der Waals surface area contributed by atoms with E-state index in [0.717, 1.165) is 62.7 Å². The molecule has 0 saturated heterocycles. The van der Waals surface area contributed by atoms with Crippen LogP contribution in [0, 0.1) is 11.3 Å². The minimum absolute atomic E-state index is 0.294. The molecule has 0 aromatic heterocycles. The van der Waals surface area contributed by atoms with Crippen LogP contribution in [0.15, 0.2) is 42.5 Å². The number of nitrogens with zero attached hydrogens (tertiary/aromatic N) is 1. The van der Waals surface area contributed by atoms with Gasteiger partial charge in [0.1, 0.15) is 11.5 Å². The first kappa shape index (κ1) is 18.3. The van der Waals surface area contributed by atoms with Crippen LogP contribution in [0.1, 0.15) is 42.4 Å². The lowest BCUT2D eigenvalue weighted by molar-refractivity contribution is 0.393. The maximum atomic E-state index is 10.1. The fraction of sp³-hybridized carbons (Fsp3) is 0.409. The Morgan fingerprint density at radius 3 is 2.65 bits per heavy atom. The molecule has 1 aliphatic carbocycles. The Bertz CT molecular complexity index is 780. The van der Waals surface area contributed by atoms with Crippen molar-refractivity contribution in [1.29, 1.82) is 5.26 Å². The monoisotopic (exact) mass is 350 g/mol. The Morgan fingerprint density at radius 2 is 1.88 bits per heavy atom. The molecule has 136 valence electrons. The number of rotatable bonds is 7. The lowest BCUT2D eigenvalue weighted by Gasteiger charge is -2.33. The molecule has 0 heterocycles. The van der Waals surface area contributed by atoms with E-state index in [0.29, 0.717) is 11.5 Å². The maximum Gasteiger partial charge on any atom is 0.119 e. The molecule has 0 amide bonds. The first-order valence-electron chi connectivity index (χ1n) is 9.36. The van der Waals surface area contributed by atoms with Crippen LogP contribution in [-0.4, -0.2) is 23.3 Å². The van der Waals surface area contributed by atoms with Gasteiger partial charge in [-0.25, -0.2) is 0 Å². The normalized spacial score (nSPS) is 18.9. The van der Waals surface area contributed by atoms with Crippen molar-refractivity contribution in [3.63, 3.8) is 0 Å². The number of hydrogen-bond donors (Lipinski definition) is 3. The SMILES string of the molecule is N#CC1(CCCNCCc2ccc(O)cc2)CCCc2c(O)cccc21. The van der Waals surface area contributed by atoms with Gasteiger partial charge in [0.25, 0.3) is 0 Å². The average molecular weight is 350 g/mol. The Kier molecular flexibility index (Phi) is 5.80. The molecule has 0 saturated carbocycles. The van der Waals surface area contributed by atoms with E-state index in [9.17, 15) is 15.5 Å². The number of phenolic OH excluding ortho intramolecular Hbond substituents is 2. The Morgan fingerprint density at radius 1 is 1.08 bits per heavy atom. The Labute approximate surface area is 155 Å². The average Bonchev–Trinajstić information content (AvgIpc) is 2.66. The van der Waals surface area contributed by atoms with Gasteiger partial charge in [0, 0.05) is 0 Å². The van der Waals surface area contributed by atoms with E-state index in [4.69, 9.17) is 0 Å². The second-order valence-corrected chi connectivity index (χ2v) is 7.12. The van der Waals surface area contributed by atoms with Gasteiger partial charge < -0.3 is 15.5 Å². The van der Waals surface area contributed by atoms with Crippen LogP contribution in [0.25, 0.3) is 0 Å². The van der Waals surface area contributed by atoms with Crippen molar-refractivity contribution in [1.82, 2.24) is 5.32 Å². The summed E-state index contributed by atoms with van der Waals surface area (Å²) in [5, 5.41) is 32.7. The lowest BCUT2D eigenvalue weighted by atomic mass is 9.68. The molecule has 4 nitrogen and oxygen atoms in total. The van der Waals surface area contributed by atoms with E-state index >= 15 is 0 Å². The van der Waals surface area contributed by atoms with Crippen molar-refractivity contribution >= 4 is 0 Å². The predicted octanol–water partition coefficient (Wildman–Crippen LogP) is 3.81. The molecular weight excluding hydrogens is 324 g/mol. The van der Waals surface area contributed by atoms with Gasteiger partial charge in [0.2, 0.25) is 0 Å². The number of nitrogens with one attached hydrogen (secondary N) is 1. The summed E-state index contributed by atoms with van der Waals surface area (Å²) in [6, 6.07) is 15.4. The third kappa shape index (κ3) is 4.00. The van der Waals surface area contributed by atoms with Crippen molar-refractivity contribution in [2.24, 2.45) is 0 Å². The minimum Gasteiger partial charge on any atom is -0.508 e. The summed E-state index contributed by atoms with van der Waals surface area (Å²) in [5.41, 5.74) is 2.71. The van der Waals surface area contributed by atoms with Crippen LogP contribution in [0.5, 0.6) is 11.5 Å². The Hall–Kier alpha value is -2.51. The van der Waals surface area contributed by atoms with Gasteiger partial charge in [0.15, 0.2) is 0 Å². The molecule has 1 atom stereocenters. The van der Waals surface area contributed by atoms with E-state index in [1.165, 1.54) is 5.56 Å². The lowest BCUT2D eigenvalue weighted by Crippen LogP contribution is -2.31. The zero-order chi connectivity index (χ0) is 18.4. The first-order chi connectivity index (χ1) is 12.6. The number of fused-ring (bicyclic) bond motifs is 1. The Balaban J connectivity index is 1.50. The fourth-order valence-corrected chi connectivity index (χ4v) is 3.95. The zero-order valence-corrected chi connectivity index (χ0v) is 15.0. The molecule has 0 aliphatic heterocycles. The summed E-state index contributed by atoms with van der Waals surface area (Å²) in [6.07, 6.45) is 5.33. The highest BCUT2D eigenvalue weighted by molar-refractivity contribution is 5.48. The summed E-state index contributed by atoms with van der Waals surface area (Å²) < 4.78 is 0. The number of phenols is 2. The number of benzene rings is 2. The molecule has 0 fully saturated rings. The third-order valence-electron chi connectivity index (χ3n) is 5.40. The highest BCUT2D eigenvalue weighted by Gasteiger charge is 2.37. The second kappa shape index (κ2) is 8.25. The molecule has 0 spiro atoms. The molecule has 0 bridgehead atoms. The van der Waals surface area contributed by atoms with Crippen molar-refractivity contribution in [3.8, 4) is 17.6 Å².